The van der Waals surface area contributed by atoms with Gasteiger partial charge >= 0.3 is 0 Å². The summed E-state index contributed by atoms with van der Waals surface area (Å²) in [4.78, 5) is 34.1. The van der Waals surface area contributed by atoms with E-state index >= 15 is 0 Å². The van der Waals surface area contributed by atoms with Crippen LogP contribution < -0.4 is 10.9 Å². The summed E-state index contributed by atoms with van der Waals surface area (Å²) in [6.45, 7) is 6.18. The van der Waals surface area contributed by atoms with E-state index in [1.165, 1.54) is 28.6 Å². The van der Waals surface area contributed by atoms with Crippen molar-refractivity contribution in [1.82, 2.24) is 15.3 Å². The summed E-state index contributed by atoms with van der Waals surface area (Å²) >= 11 is 3.14. The Balaban J connectivity index is 1.65. The lowest BCUT2D eigenvalue weighted by Gasteiger charge is -2.17. The van der Waals surface area contributed by atoms with Crippen LogP contribution in [0.1, 0.15) is 49.9 Å². The van der Waals surface area contributed by atoms with Crippen LogP contribution in [-0.4, -0.2) is 27.7 Å². The number of hydrogen-bond donors (Lipinski definition) is 2. The average Bonchev–Trinajstić information content (AvgIpc) is 2.93. The van der Waals surface area contributed by atoms with E-state index in [0.717, 1.165) is 29.5 Å². The van der Waals surface area contributed by atoms with Crippen LogP contribution in [0.2, 0.25) is 0 Å². The molecule has 0 saturated carbocycles. The third-order valence-electron chi connectivity index (χ3n) is 4.73. The lowest BCUT2D eigenvalue weighted by molar-refractivity contribution is -0.119. The molecular weight excluding hydrogens is 354 g/mol. The first-order chi connectivity index (χ1) is 12.0. The van der Waals surface area contributed by atoms with E-state index in [4.69, 9.17) is 0 Å². The fourth-order valence-corrected chi connectivity index (χ4v) is 4.96. The maximum absolute atomic E-state index is 12.5. The van der Waals surface area contributed by atoms with Crippen molar-refractivity contribution in [3.63, 3.8) is 0 Å². The molecule has 1 unspecified atom stereocenters. The van der Waals surface area contributed by atoms with E-state index in [2.05, 4.69) is 29.1 Å². The number of thioether (sulfide) groups is 1. The molecule has 1 aliphatic carbocycles. The molecular formula is C18H25N3O2S2. The van der Waals surface area contributed by atoms with Gasteiger partial charge in [0.25, 0.3) is 5.56 Å². The summed E-state index contributed by atoms with van der Waals surface area (Å²) < 4.78 is 0. The van der Waals surface area contributed by atoms with Crippen molar-refractivity contribution in [1.29, 1.82) is 0 Å². The molecule has 0 saturated heterocycles. The van der Waals surface area contributed by atoms with E-state index < -0.39 is 0 Å². The Morgan fingerprint density at radius 2 is 2.08 bits per heavy atom. The number of carbonyl (C=O) groups is 1. The number of hydrogen-bond acceptors (Lipinski definition) is 5. The first kappa shape index (κ1) is 18.5. The Labute approximate surface area is 156 Å². The number of nitrogens with one attached hydrogen (secondary N) is 2. The predicted molar refractivity (Wildman–Crippen MR) is 105 cm³/mol. The smallest absolute Gasteiger partial charge is 0.259 e. The van der Waals surface area contributed by atoms with E-state index in [9.17, 15) is 9.59 Å². The SMILES string of the molecule is CC(C)C(C)NC(=O)CSCc1nc2sc3c(c2c(=O)[nH]1)CCCC3. The van der Waals surface area contributed by atoms with Crippen molar-refractivity contribution in [3.8, 4) is 0 Å². The molecule has 7 heteroatoms. The topological polar surface area (TPSA) is 74.8 Å². The molecule has 0 spiro atoms. The summed E-state index contributed by atoms with van der Waals surface area (Å²) in [7, 11) is 0. The minimum atomic E-state index is -0.0297. The van der Waals surface area contributed by atoms with Gasteiger partial charge in [-0.1, -0.05) is 13.8 Å². The Kier molecular flexibility index (Phi) is 5.84. The molecule has 0 bridgehead atoms. The number of H-pyrrole nitrogens is 1. The van der Waals surface area contributed by atoms with Gasteiger partial charge in [-0.3, -0.25) is 9.59 Å². The van der Waals surface area contributed by atoms with Gasteiger partial charge < -0.3 is 10.3 Å². The van der Waals surface area contributed by atoms with Crippen molar-refractivity contribution in [2.75, 3.05) is 5.75 Å². The molecule has 0 aliphatic heterocycles. The van der Waals surface area contributed by atoms with Gasteiger partial charge in [0.05, 0.1) is 16.9 Å². The number of amides is 1. The van der Waals surface area contributed by atoms with Gasteiger partial charge in [0.1, 0.15) is 10.7 Å². The van der Waals surface area contributed by atoms with Crippen LogP contribution in [0, 0.1) is 5.92 Å². The average molecular weight is 380 g/mol. The van der Waals surface area contributed by atoms with Gasteiger partial charge in [0.15, 0.2) is 0 Å². The Morgan fingerprint density at radius 3 is 2.84 bits per heavy atom. The molecule has 1 amide bonds. The Morgan fingerprint density at radius 1 is 1.32 bits per heavy atom. The summed E-state index contributed by atoms with van der Waals surface area (Å²) in [6.07, 6.45) is 4.40. The lowest BCUT2D eigenvalue weighted by Crippen LogP contribution is -2.37. The van der Waals surface area contributed by atoms with Crippen molar-refractivity contribution >= 4 is 39.2 Å². The molecule has 0 radical (unpaired) electrons. The second kappa shape index (κ2) is 7.91. The maximum Gasteiger partial charge on any atom is 0.259 e. The number of aryl methyl sites for hydroxylation is 2. The second-order valence-corrected chi connectivity index (χ2v) is 9.07. The van der Waals surface area contributed by atoms with Crippen LogP contribution in [-0.2, 0) is 23.4 Å². The summed E-state index contributed by atoms with van der Waals surface area (Å²) in [5.41, 5.74) is 1.18. The molecule has 3 rings (SSSR count). The molecule has 1 aliphatic rings. The summed E-state index contributed by atoms with van der Waals surface area (Å²) in [6, 6.07) is 0.167. The van der Waals surface area contributed by atoms with Crippen LogP contribution in [0.15, 0.2) is 4.79 Å². The van der Waals surface area contributed by atoms with Crippen LogP contribution in [0.4, 0.5) is 0 Å². The van der Waals surface area contributed by atoms with Crippen LogP contribution >= 0.6 is 23.1 Å². The van der Waals surface area contributed by atoms with Gasteiger partial charge in [-0.05, 0) is 44.1 Å². The summed E-state index contributed by atoms with van der Waals surface area (Å²) in [5, 5.41) is 3.78. The Hall–Kier alpha value is -1.34. The predicted octanol–water partition coefficient (Wildman–Crippen LogP) is 3.26. The van der Waals surface area contributed by atoms with Crippen LogP contribution in [0.3, 0.4) is 0 Å². The molecule has 2 N–H and O–H groups in total. The first-order valence-electron chi connectivity index (χ1n) is 8.86. The normalized spacial score (nSPS) is 15.4. The lowest BCUT2D eigenvalue weighted by atomic mass is 9.97. The molecule has 136 valence electrons. The van der Waals surface area contributed by atoms with E-state index in [-0.39, 0.29) is 17.5 Å². The molecule has 0 fully saturated rings. The number of fused-ring (bicyclic) bond motifs is 3. The fraction of sp³-hybridized carbons (Fsp3) is 0.611. The third kappa shape index (κ3) is 4.26. The fourth-order valence-electron chi connectivity index (χ4n) is 2.98. The van der Waals surface area contributed by atoms with Crippen LogP contribution in [0.5, 0.6) is 0 Å². The zero-order valence-corrected chi connectivity index (χ0v) is 16.6. The van der Waals surface area contributed by atoms with Crippen molar-refractivity contribution in [2.24, 2.45) is 5.92 Å². The third-order valence-corrected chi connectivity index (χ3v) is 6.86. The van der Waals surface area contributed by atoms with E-state index in [1.807, 2.05) is 6.92 Å². The molecule has 0 aromatic carbocycles. The summed E-state index contributed by atoms with van der Waals surface area (Å²) in [5.74, 6) is 2.02. The molecule has 5 nitrogen and oxygen atoms in total. The molecule has 25 heavy (non-hydrogen) atoms. The monoisotopic (exact) mass is 379 g/mol. The van der Waals surface area contributed by atoms with Crippen molar-refractivity contribution < 1.29 is 4.79 Å². The number of nitrogens with zero attached hydrogens (tertiary/aromatic N) is 1. The van der Waals surface area contributed by atoms with Crippen molar-refractivity contribution in [2.45, 2.75) is 58.2 Å². The minimum Gasteiger partial charge on any atom is -0.353 e. The molecule has 2 aromatic heterocycles. The Bertz CT molecular complexity index is 826. The number of carbonyl (C=O) groups excluding carboxylic acids is 1. The highest BCUT2D eigenvalue weighted by molar-refractivity contribution is 7.99. The van der Waals surface area contributed by atoms with Crippen molar-refractivity contribution in [3.05, 3.63) is 26.6 Å². The minimum absolute atomic E-state index is 0.0289. The zero-order valence-electron chi connectivity index (χ0n) is 15.0. The highest BCUT2D eigenvalue weighted by Crippen LogP contribution is 2.33. The highest BCUT2D eigenvalue weighted by Gasteiger charge is 2.19. The number of aromatic nitrogens is 2. The van der Waals surface area contributed by atoms with Gasteiger partial charge in [-0.25, -0.2) is 4.98 Å². The largest absolute Gasteiger partial charge is 0.353 e. The van der Waals surface area contributed by atoms with Crippen LogP contribution in [0.25, 0.3) is 10.2 Å². The first-order valence-corrected chi connectivity index (χ1v) is 10.8. The molecule has 2 aromatic rings. The number of thiophene rings is 1. The van der Waals surface area contributed by atoms with Gasteiger partial charge in [0, 0.05) is 10.9 Å². The van der Waals surface area contributed by atoms with Gasteiger partial charge in [-0.15, -0.1) is 23.1 Å². The maximum atomic E-state index is 12.5. The van der Waals surface area contributed by atoms with E-state index in [1.54, 1.807) is 11.3 Å². The van der Waals surface area contributed by atoms with E-state index in [0.29, 0.717) is 23.2 Å². The molecule has 2 heterocycles. The number of aromatic amines is 1. The quantitative estimate of drug-likeness (QED) is 0.808. The highest BCUT2D eigenvalue weighted by atomic mass is 32.2. The van der Waals surface area contributed by atoms with Gasteiger partial charge in [-0.2, -0.15) is 0 Å². The standard InChI is InChI=1S/C18H25N3O2S2/c1-10(2)11(3)19-15(22)9-24-8-14-20-17(23)16-12-6-4-5-7-13(12)25-18(16)21-14/h10-11H,4-9H2,1-3H3,(H,19,22)(H,20,21,23). The number of rotatable bonds is 6. The van der Waals surface area contributed by atoms with Gasteiger partial charge in [0.2, 0.25) is 5.91 Å². The zero-order chi connectivity index (χ0) is 18.0. The second-order valence-electron chi connectivity index (χ2n) is 7.00. The molecule has 1 atom stereocenters.